The fourth-order valence-electron chi connectivity index (χ4n) is 2.50. The molecule has 2 rings (SSSR count). The summed E-state index contributed by atoms with van der Waals surface area (Å²) in [6.45, 7) is 5.80. The molecule has 0 amide bonds. The van der Waals surface area contributed by atoms with E-state index >= 15 is 0 Å². The maximum atomic E-state index is 9.28. The Bertz CT molecular complexity index is 389. The Labute approximate surface area is 124 Å². The highest BCUT2D eigenvalue weighted by Crippen LogP contribution is 2.20. The first-order valence-electron chi connectivity index (χ1n) is 7.02. The Morgan fingerprint density at radius 3 is 2.68 bits per heavy atom. The Morgan fingerprint density at radius 1 is 1.37 bits per heavy atom. The van der Waals surface area contributed by atoms with Crippen LogP contribution in [0.1, 0.15) is 25.3 Å². The van der Waals surface area contributed by atoms with Gasteiger partial charge in [0.25, 0.3) is 0 Å². The maximum Gasteiger partial charge on any atom is 0.0636 e. The minimum atomic E-state index is -0.252. The molecule has 0 spiro atoms. The molecule has 0 radical (unpaired) electrons. The summed E-state index contributed by atoms with van der Waals surface area (Å²) in [7, 11) is 0. The zero-order valence-corrected chi connectivity index (χ0v) is 13.1. The quantitative estimate of drug-likeness (QED) is 0.872. The third kappa shape index (κ3) is 4.88. The lowest BCUT2D eigenvalue weighted by molar-refractivity contribution is 0.159. The van der Waals surface area contributed by atoms with E-state index in [1.807, 2.05) is 6.92 Å². The van der Waals surface area contributed by atoms with E-state index < -0.39 is 0 Å². The summed E-state index contributed by atoms with van der Waals surface area (Å²) in [4.78, 5) is 2.50. The smallest absolute Gasteiger partial charge is 0.0636 e. The minimum Gasteiger partial charge on any atom is -0.392 e. The van der Waals surface area contributed by atoms with Gasteiger partial charge in [0.1, 0.15) is 0 Å². The van der Waals surface area contributed by atoms with Crippen LogP contribution in [-0.4, -0.2) is 41.8 Å². The van der Waals surface area contributed by atoms with E-state index in [1.54, 1.807) is 0 Å². The van der Waals surface area contributed by atoms with E-state index in [1.165, 1.54) is 10.0 Å². The molecule has 0 aliphatic carbocycles. The molecular formula is C15H23BrN2O. The number of rotatable bonds is 5. The average Bonchev–Trinajstić information content (AvgIpc) is 2.40. The van der Waals surface area contributed by atoms with Crippen LogP contribution in [-0.2, 0) is 6.54 Å². The van der Waals surface area contributed by atoms with Crippen molar-refractivity contribution in [3.63, 3.8) is 0 Å². The van der Waals surface area contributed by atoms with Crippen LogP contribution >= 0.6 is 15.9 Å². The molecule has 0 saturated carbocycles. The van der Waals surface area contributed by atoms with Crippen molar-refractivity contribution in [2.75, 3.05) is 19.6 Å². The highest BCUT2D eigenvalue weighted by Gasteiger charge is 2.19. The van der Waals surface area contributed by atoms with Gasteiger partial charge in [-0.1, -0.05) is 34.1 Å². The molecule has 1 fully saturated rings. The highest BCUT2D eigenvalue weighted by atomic mass is 79.9. The van der Waals surface area contributed by atoms with Crippen molar-refractivity contribution in [2.45, 2.75) is 38.5 Å². The molecule has 0 bridgehead atoms. The first-order chi connectivity index (χ1) is 9.15. The number of aliphatic hydroxyl groups excluding tert-OH is 1. The molecule has 106 valence electrons. The van der Waals surface area contributed by atoms with E-state index in [4.69, 9.17) is 0 Å². The second kappa shape index (κ2) is 7.39. The predicted octanol–water partition coefficient (Wildman–Crippen LogP) is 2.38. The van der Waals surface area contributed by atoms with E-state index in [9.17, 15) is 5.11 Å². The van der Waals surface area contributed by atoms with Gasteiger partial charge in [0.05, 0.1) is 6.10 Å². The molecule has 1 aromatic rings. The van der Waals surface area contributed by atoms with Crippen LogP contribution in [0.4, 0.5) is 0 Å². The lowest BCUT2D eigenvalue weighted by Crippen LogP contribution is -2.44. The molecule has 1 heterocycles. The number of hydrogen-bond donors (Lipinski definition) is 2. The fourth-order valence-corrected chi connectivity index (χ4v) is 2.91. The van der Waals surface area contributed by atoms with Crippen molar-refractivity contribution < 1.29 is 5.11 Å². The number of nitrogens with zero attached hydrogens (tertiary/aromatic N) is 1. The van der Waals surface area contributed by atoms with Crippen molar-refractivity contribution >= 4 is 15.9 Å². The first-order valence-corrected chi connectivity index (χ1v) is 7.81. The van der Waals surface area contributed by atoms with Crippen molar-refractivity contribution in [2.24, 2.45) is 0 Å². The molecule has 1 aromatic carbocycles. The van der Waals surface area contributed by atoms with Gasteiger partial charge in [-0.2, -0.15) is 0 Å². The van der Waals surface area contributed by atoms with Gasteiger partial charge in [-0.3, -0.25) is 4.90 Å². The van der Waals surface area contributed by atoms with Gasteiger partial charge >= 0.3 is 0 Å². The zero-order valence-electron chi connectivity index (χ0n) is 11.5. The third-order valence-electron chi connectivity index (χ3n) is 3.64. The van der Waals surface area contributed by atoms with Gasteiger partial charge < -0.3 is 10.4 Å². The summed E-state index contributed by atoms with van der Waals surface area (Å²) >= 11 is 3.61. The van der Waals surface area contributed by atoms with Gasteiger partial charge in [0.15, 0.2) is 0 Å². The molecule has 1 aliphatic heterocycles. The van der Waals surface area contributed by atoms with Crippen molar-refractivity contribution in [1.82, 2.24) is 10.2 Å². The molecule has 1 atom stereocenters. The van der Waals surface area contributed by atoms with E-state index in [0.717, 1.165) is 32.5 Å². The second-order valence-corrected chi connectivity index (χ2v) is 6.25. The SMILES string of the molecule is CC(O)CNC1CCN(Cc2ccccc2Br)CC1. The Balaban J connectivity index is 1.76. The molecular weight excluding hydrogens is 304 g/mol. The summed E-state index contributed by atoms with van der Waals surface area (Å²) in [6, 6.07) is 9.00. The minimum absolute atomic E-state index is 0.252. The fraction of sp³-hybridized carbons (Fsp3) is 0.600. The maximum absolute atomic E-state index is 9.28. The number of halogens is 1. The van der Waals surface area contributed by atoms with Gasteiger partial charge in [-0.25, -0.2) is 0 Å². The lowest BCUT2D eigenvalue weighted by atomic mass is 10.0. The van der Waals surface area contributed by atoms with Crippen LogP contribution in [0.25, 0.3) is 0 Å². The van der Waals surface area contributed by atoms with Gasteiger partial charge in [-0.05, 0) is 44.5 Å². The summed E-state index contributed by atoms with van der Waals surface area (Å²) < 4.78 is 1.20. The molecule has 19 heavy (non-hydrogen) atoms. The van der Waals surface area contributed by atoms with E-state index in [2.05, 4.69) is 50.4 Å². The summed E-state index contributed by atoms with van der Waals surface area (Å²) in [6.07, 6.45) is 2.08. The van der Waals surface area contributed by atoms with Gasteiger partial charge in [-0.15, -0.1) is 0 Å². The average molecular weight is 327 g/mol. The van der Waals surface area contributed by atoms with Crippen LogP contribution in [0.3, 0.4) is 0 Å². The molecule has 1 aliphatic rings. The summed E-state index contributed by atoms with van der Waals surface area (Å²) in [5.74, 6) is 0. The van der Waals surface area contributed by atoms with Crippen LogP contribution in [0.15, 0.2) is 28.7 Å². The van der Waals surface area contributed by atoms with Crippen molar-refractivity contribution in [3.8, 4) is 0 Å². The molecule has 1 unspecified atom stereocenters. The Morgan fingerprint density at radius 2 is 2.05 bits per heavy atom. The monoisotopic (exact) mass is 326 g/mol. The van der Waals surface area contributed by atoms with Gasteiger partial charge in [0.2, 0.25) is 0 Å². The summed E-state index contributed by atoms with van der Waals surface area (Å²) in [5, 5.41) is 12.7. The largest absolute Gasteiger partial charge is 0.392 e. The Hall–Kier alpha value is -0.420. The number of nitrogens with one attached hydrogen (secondary N) is 1. The van der Waals surface area contributed by atoms with E-state index in [-0.39, 0.29) is 6.10 Å². The number of benzene rings is 1. The predicted molar refractivity (Wildman–Crippen MR) is 82.1 cm³/mol. The molecule has 0 aromatic heterocycles. The highest BCUT2D eigenvalue weighted by molar-refractivity contribution is 9.10. The Kier molecular flexibility index (Phi) is 5.82. The number of likely N-dealkylation sites (tertiary alicyclic amines) is 1. The standard InChI is InChI=1S/C15H23BrN2O/c1-12(19)10-17-14-6-8-18(9-7-14)11-13-4-2-3-5-15(13)16/h2-5,12,14,17,19H,6-11H2,1H3. The van der Waals surface area contributed by atoms with Crippen LogP contribution < -0.4 is 5.32 Å². The van der Waals surface area contributed by atoms with Crippen molar-refractivity contribution in [3.05, 3.63) is 34.3 Å². The first kappa shape index (κ1) is 15.0. The van der Waals surface area contributed by atoms with Crippen LogP contribution in [0.2, 0.25) is 0 Å². The van der Waals surface area contributed by atoms with Crippen molar-refractivity contribution in [1.29, 1.82) is 0 Å². The molecule has 2 N–H and O–H groups in total. The number of piperidine rings is 1. The molecule has 1 saturated heterocycles. The third-order valence-corrected chi connectivity index (χ3v) is 4.41. The lowest BCUT2D eigenvalue weighted by Gasteiger charge is -2.33. The molecule has 3 nitrogen and oxygen atoms in total. The summed E-state index contributed by atoms with van der Waals surface area (Å²) in [5.41, 5.74) is 1.36. The number of aliphatic hydroxyl groups is 1. The number of hydrogen-bond acceptors (Lipinski definition) is 3. The van der Waals surface area contributed by atoms with Crippen LogP contribution in [0.5, 0.6) is 0 Å². The normalized spacial score (nSPS) is 19.5. The van der Waals surface area contributed by atoms with E-state index in [0.29, 0.717) is 12.6 Å². The van der Waals surface area contributed by atoms with Gasteiger partial charge in [0, 0.05) is 23.6 Å². The van der Waals surface area contributed by atoms with Crippen LogP contribution in [0, 0.1) is 0 Å². The second-order valence-electron chi connectivity index (χ2n) is 5.40. The zero-order chi connectivity index (χ0) is 13.7. The topological polar surface area (TPSA) is 35.5 Å². The molecule has 4 heteroatoms.